The van der Waals surface area contributed by atoms with Gasteiger partial charge in [-0.2, -0.15) is 14.6 Å². The number of carbonyl (C=O) groups is 1. The maximum atomic E-state index is 13.9. The molecule has 1 aliphatic rings. The van der Waals surface area contributed by atoms with Crippen molar-refractivity contribution in [3.8, 4) is 11.9 Å². The van der Waals surface area contributed by atoms with Crippen LogP contribution in [0.1, 0.15) is 28.8 Å². The number of carboxylic acids is 1. The lowest BCUT2D eigenvalue weighted by Gasteiger charge is -2.11. The second-order valence-corrected chi connectivity index (χ2v) is 5.85. The third kappa shape index (κ3) is 2.65. The molecular formula is C17H12FN5O2. The maximum absolute atomic E-state index is 13.9. The predicted molar refractivity (Wildman–Crippen MR) is 87.1 cm³/mol. The first-order valence-corrected chi connectivity index (χ1v) is 7.65. The molecule has 4 rings (SSSR count). The Bertz CT molecular complexity index is 1050. The number of nitriles is 1. The van der Waals surface area contributed by atoms with Crippen molar-refractivity contribution in [3.63, 3.8) is 0 Å². The second-order valence-electron chi connectivity index (χ2n) is 5.85. The highest BCUT2D eigenvalue weighted by molar-refractivity contribution is 5.94. The smallest absolute Gasteiger partial charge is 0.339 e. The molecule has 0 spiro atoms. The molecule has 2 N–H and O–H groups in total. The lowest BCUT2D eigenvalue weighted by atomic mass is 10.2. The topological polar surface area (TPSA) is 104 Å². The fourth-order valence-electron chi connectivity index (χ4n) is 2.62. The zero-order chi connectivity index (χ0) is 17.6. The van der Waals surface area contributed by atoms with Crippen LogP contribution in [0.3, 0.4) is 0 Å². The van der Waals surface area contributed by atoms with E-state index in [4.69, 9.17) is 5.26 Å². The summed E-state index contributed by atoms with van der Waals surface area (Å²) in [7, 11) is 0. The van der Waals surface area contributed by atoms with Crippen molar-refractivity contribution in [2.24, 2.45) is 0 Å². The Morgan fingerprint density at radius 2 is 2.24 bits per heavy atom. The second kappa shape index (κ2) is 5.56. The molecule has 0 unspecified atom stereocenters. The van der Waals surface area contributed by atoms with Gasteiger partial charge in [0.2, 0.25) is 5.95 Å². The Kier molecular flexibility index (Phi) is 3.35. The maximum Gasteiger partial charge on any atom is 0.339 e. The van der Waals surface area contributed by atoms with Gasteiger partial charge < -0.3 is 10.4 Å². The quantitative estimate of drug-likeness (QED) is 0.709. The van der Waals surface area contributed by atoms with Gasteiger partial charge in [-0.25, -0.2) is 9.78 Å². The molecule has 124 valence electrons. The fourth-order valence-corrected chi connectivity index (χ4v) is 2.62. The largest absolute Gasteiger partial charge is 0.478 e. The Labute approximate surface area is 141 Å². The highest BCUT2D eigenvalue weighted by atomic mass is 19.1. The van der Waals surface area contributed by atoms with Gasteiger partial charge >= 0.3 is 5.97 Å². The molecule has 3 aromatic heterocycles. The number of carboxylic acid groups (broad SMARTS) is 1. The van der Waals surface area contributed by atoms with E-state index in [0.717, 1.165) is 12.8 Å². The van der Waals surface area contributed by atoms with Crippen LogP contribution in [0, 0.1) is 17.3 Å². The van der Waals surface area contributed by atoms with Crippen molar-refractivity contribution < 1.29 is 14.3 Å². The van der Waals surface area contributed by atoms with Crippen LogP contribution in [0.4, 0.5) is 10.1 Å². The molecule has 7 nitrogen and oxygen atoms in total. The van der Waals surface area contributed by atoms with Crippen LogP contribution in [-0.4, -0.2) is 31.7 Å². The predicted octanol–water partition coefficient (Wildman–Crippen LogP) is 2.70. The summed E-state index contributed by atoms with van der Waals surface area (Å²) < 4.78 is 15.4. The van der Waals surface area contributed by atoms with E-state index < -0.39 is 11.9 Å². The molecule has 0 aliphatic heterocycles. The van der Waals surface area contributed by atoms with Crippen LogP contribution in [0.15, 0.2) is 30.6 Å². The van der Waals surface area contributed by atoms with Crippen LogP contribution in [0.25, 0.3) is 16.9 Å². The summed E-state index contributed by atoms with van der Waals surface area (Å²) >= 11 is 0. The Morgan fingerprint density at radius 1 is 1.44 bits per heavy atom. The van der Waals surface area contributed by atoms with Gasteiger partial charge in [0, 0.05) is 29.9 Å². The number of hydrogen-bond donors (Lipinski definition) is 2. The summed E-state index contributed by atoms with van der Waals surface area (Å²) in [5.41, 5.74) is 0.731. The zero-order valence-corrected chi connectivity index (χ0v) is 12.9. The van der Waals surface area contributed by atoms with E-state index in [-0.39, 0.29) is 17.2 Å². The molecular weight excluding hydrogens is 325 g/mol. The lowest BCUT2D eigenvalue weighted by molar-refractivity contribution is 0.0697. The highest BCUT2D eigenvalue weighted by Crippen LogP contribution is 2.29. The number of nitrogens with zero attached hydrogens (tertiary/aromatic N) is 4. The van der Waals surface area contributed by atoms with Gasteiger partial charge in [0.1, 0.15) is 28.7 Å². The molecule has 0 bridgehead atoms. The molecule has 0 saturated heterocycles. The monoisotopic (exact) mass is 337 g/mol. The molecule has 0 radical (unpaired) electrons. The average Bonchev–Trinajstić information content (AvgIpc) is 3.31. The molecule has 25 heavy (non-hydrogen) atoms. The SMILES string of the molecule is N#Cc1cc2ccn(-c3cc(NC4CC4)c(C(=O)O)cn3)c2nc1F. The van der Waals surface area contributed by atoms with E-state index in [1.807, 2.05) is 0 Å². The first-order chi connectivity index (χ1) is 12.1. The normalized spacial score (nSPS) is 13.6. The molecule has 0 aromatic carbocycles. The minimum Gasteiger partial charge on any atom is -0.478 e. The number of aromatic nitrogens is 3. The summed E-state index contributed by atoms with van der Waals surface area (Å²) in [5, 5.41) is 22.0. The molecule has 0 atom stereocenters. The van der Waals surface area contributed by atoms with Crippen LogP contribution in [0.2, 0.25) is 0 Å². The van der Waals surface area contributed by atoms with Crippen LogP contribution < -0.4 is 5.32 Å². The van der Waals surface area contributed by atoms with Crippen molar-refractivity contribution in [2.75, 3.05) is 5.32 Å². The van der Waals surface area contributed by atoms with Gasteiger partial charge in [-0.1, -0.05) is 0 Å². The summed E-state index contributed by atoms with van der Waals surface area (Å²) in [6.45, 7) is 0. The number of pyridine rings is 2. The van der Waals surface area contributed by atoms with E-state index in [1.165, 1.54) is 12.3 Å². The number of halogens is 1. The molecule has 0 amide bonds. The first-order valence-electron chi connectivity index (χ1n) is 7.65. The number of anilines is 1. The number of rotatable bonds is 4. The third-order valence-corrected chi connectivity index (χ3v) is 4.04. The van der Waals surface area contributed by atoms with Gasteiger partial charge in [-0.3, -0.25) is 4.57 Å². The Balaban J connectivity index is 1.84. The van der Waals surface area contributed by atoms with E-state index in [1.54, 1.807) is 29.0 Å². The molecule has 1 saturated carbocycles. The van der Waals surface area contributed by atoms with Crippen LogP contribution in [-0.2, 0) is 0 Å². The molecule has 3 heterocycles. The highest BCUT2D eigenvalue weighted by Gasteiger charge is 2.24. The van der Waals surface area contributed by atoms with E-state index in [0.29, 0.717) is 22.5 Å². The van der Waals surface area contributed by atoms with Gasteiger partial charge in [-0.05, 0) is 25.0 Å². The summed E-state index contributed by atoms with van der Waals surface area (Å²) in [6.07, 6.45) is 4.91. The van der Waals surface area contributed by atoms with Gasteiger partial charge in [0.05, 0.1) is 5.69 Å². The fraction of sp³-hybridized carbons (Fsp3) is 0.176. The van der Waals surface area contributed by atoms with Gasteiger partial charge in [0.15, 0.2) is 0 Å². The van der Waals surface area contributed by atoms with Crippen molar-refractivity contribution in [2.45, 2.75) is 18.9 Å². The van der Waals surface area contributed by atoms with Gasteiger partial charge in [-0.15, -0.1) is 0 Å². The Morgan fingerprint density at radius 3 is 2.92 bits per heavy atom. The summed E-state index contributed by atoms with van der Waals surface area (Å²) in [5.74, 6) is -1.50. The van der Waals surface area contributed by atoms with Crippen molar-refractivity contribution in [1.82, 2.24) is 14.5 Å². The van der Waals surface area contributed by atoms with Crippen molar-refractivity contribution in [1.29, 1.82) is 5.26 Å². The minimum absolute atomic E-state index is 0.0815. The van der Waals surface area contributed by atoms with Crippen LogP contribution >= 0.6 is 0 Å². The van der Waals surface area contributed by atoms with Crippen LogP contribution in [0.5, 0.6) is 0 Å². The molecule has 8 heteroatoms. The van der Waals surface area contributed by atoms with E-state index >= 15 is 0 Å². The zero-order valence-electron chi connectivity index (χ0n) is 12.9. The van der Waals surface area contributed by atoms with E-state index in [9.17, 15) is 14.3 Å². The van der Waals surface area contributed by atoms with Crippen molar-refractivity contribution >= 4 is 22.7 Å². The summed E-state index contributed by atoms with van der Waals surface area (Å²) in [4.78, 5) is 19.4. The minimum atomic E-state index is -1.07. The van der Waals surface area contributed by atoms with Gasteiger partial charge in [0.25, 0.3) is 0 Å². The average molecular weight is 337 g/mol. The lowest BCUT2D eigenvalue weighted by Crippen LogP contribution is -2.10. The number of aromatic carboxylic acids is 1. The molecule has 1 aliphatic carbocycles. The van der Waals surface area contributed by atoms with Crippen molar-refractivity contribution in [3.05, 3.63) is 47.7 Å². The molecule has 3 aromatic rings. The number of hydrogen-bond acceptors (Lipinski definition) is 5. The van der Waals surface area contributed by atoms with E-state index in [2.05, 4.69) is 15.3 Å². The third-order valence-electron chi connectivity index (χ3n) is 4.04. The number of fused-ring (bicyclic) bond motifs is 1. The summed E-state index contributed by atoms with van der Waals surface area (Å²) in [6, 6.07) is 6.75. The Hall–Kier alpha value is -3.47. The standard InChI is InChI=1S/C17H12FN5O2/c18-15-10(7-19)5-9-3-4-23(16(9)22-15)14-6-13(21-11-1-2-11)12(8-20-14)17(24)25/h3-6,8,11H,1-2H2,(H,20,21)(H,24,25). The number of nitrogens with one attached hydrogen (secondary N) is 1. The first kappa shape index (κ1) is 15.1. The molecule has 1 fully saturated rings.